The number of fused-ring (bicyclic) bond motifs is 1. The first-order valence-electron chi connectivity index (χ1n) is 6.33. The number of rotatable bonds is 2. The van der Waals surface area contributed by atoms with Crippen LogP contribution in [0.15, 0.2) is 22.7 Å². The molecule has 6 heteroatoms. The zero-order valence-corrected chi connectivity index (χ0v) is 12.6. The summed E-state index contributed by atoms with van der Waals surface area (Å²) < 4.78 is 8.24. The minimum Gasteiger partial charge on any atom is -0.496 e. The molecule has 20 heavy (non-hydrogen) atoms. The number of hydrogen-bond acceptors (Lipinski definition) is 4. The Balaban J connectivity index is 2.22. The van der Waals surface area contributed by atoms with Crippen LogP contribution in [0.5, 0.6) is 5.75 Å². The fraction of sp³-hybridized carbons (Fsp3) is 0.286. The standard InChI is InChI=1S/C14H13BrN4O/c1-20-12-4-3-9(15)7-10(12)13-11(8-16)19-6-2-5-17-14(19)18-13/h3-4,7H,2,5-6H2,1H3,(H,17,18). The number of methoxy groups -OCH3 is 1. The van der Waals surface area contributed by atoms with Gasteiger partial charge in [-0.05, 0) is 24.6 Å². The fourth-order valence-corrected chi connectivity index (χ4v) is 2.77. The Morgan fingerprint density at radius 3 is 3.10 bits per heavy atom. The number of nitrogens with one attached hydrogen (secondary N) is 1. The van der Waals surface area contributed by atoms with Crippen molar-refractivity contribution in [1.29, 1.82) is 5.26 Å². The van der Waals surface area contributed by atoms with Gasteiger partial charge in [0.1, 0.15) is 23.2 Å². The van der Waals surface area contributed by atoms with Gasteiger partial charge in [0.05, 0.1) is 7.11 Å². The lowest BCUT2D eigenvalue weighted by Gasteiger charge is -2.15. The lowest BCUT2D eigenvalue weighted by molar-refractivity contribution is 0.416. The summed E-state index contributed by atoms with van der Waals surface area (Å²) >= 11 is 3.45. The summed E-state index contributed by atoms with van der Waals surface area (Å²) in [7, 11) is 1.62. The van der Waals surface area contributed by atoms with Gasteiger partial charge in [-0.25, -0.2) is 4.98 Å². The second-order valence-electron chi connectivity index (χ2n) is 4.52. The highest BCUT2D eigenvalue weighted by Crippen LogP contribution is 2.35. The van der Waals surface area contributed by atoms with Crippen LogP contribution >= 0.6 is 15.9 Å². The van der Waals surface area contributed by atoms with Crippen molar-refractivity contribution in [3.05, 3.63) is 28.4 Å². The van der Waals surface area contributed by atoms with Gasteiger partial charge in [0, 0.05) is 23.1 Å². The second kappa shape index (κ2) is 5.17. The monoisotopic (exact) mass is 332 g/mol. The van der Waals surface area contributed by atoms with Gasteiger partial charge in [-0.15, -0.1) is 0 Å². The number of nitriles is 1. The molecule has 102 valence electrons. The molecule has 0 aliphatic carbocycles. The van der Waals surface area contributed by atoms with E-state index in [4.69, 9.17) is 4.74 Å². The molecular weight excluding hydrogens is 320 g/mol. The van der Waals surface area contributed by atoms with Crippen molar-refractivity contribution in [2.75, 3.05) is 19.0 Å². The maximum absolute atomic E-state index is 9.47. The molecule has 2 heterocycles. The van der Waals surface area contributed by atoms with Gasteiger partial charge in [0.25, 0.3) is 0 Å². The molecule has 0 spiro atoms. The number of hydrogen-bond donors (Lipinski definition) is 1. The molecule has 3 rings (SSSR count). The van der Waals surface area contributed by atoms with E-state index in [0.29, 0.717) is 17.1 Å². The van der Waals surface area contributed by atoms with Crippen molar-refractivity contribution >= 4 is 21.9 Å². The minimum atomic E-state index is 0.573. The maximum Gasteiger partial charge on any atom is 0.204 e. The number of halogens is 1. The van der Waals surface area contributed by atoms with E-state index in [1.165, 1.54) is 0 Å². The van der Waals surface area contributed by atoms with E-state index in [1.54, 1.807) is 7.11 Å². The zero-order valence-electron chi connectivity index (χ0n) is 11.0. The predicted octanol–water partition coefficient (Wildman–Crippen LogP) is 3.01. The molecule has 2 aromatic rings. The van der Waals surface area contributed by atoms with Crippen LogP contribution in [0.4, 0.5) is 5.95 Å². The zero-order chi connectivity index (χ0) is 14.1. The molecule has 0 fully saturated rings. The van der Waals surface area contributed by atoms with E-state index in [1.807, 2.05) is 22.8 Å². The Morgan fingerprint density at radius 1 is 1.50 bits per heavy atom. The van der Waals surface area contributed by atoms with E-state index in [9.17, 15) is 5.26 Å². The molecule has 0 unspecified atom stereocenters. The summed E-state index contributed by atoms with van der Waals surface area (Å²) in [6.07, 6.45) is 0.993. The largest absolute Gasteiger partial charge is 0.496 e. The predicted molar refractivity (Wildman–Crippen MR) is 79.7 cm³/mol. The average molecular weight is 333 g/mol. The Bertz CT molecular complexity index is 702. The van der Waals surface area contributed by atoms with Crippen molar-refractivity contribution in [2.45, 2.75) is 13.0 Å². The highest BCUT2D eigenvalue weighted by molar-refractivity contribution is 9.10. The van der Waals surface area contributed by atoms with Crippen molar-refractivity contribution in [1.82, 2.24) is 9.55 Å². The highest BCUT2D eigenvalue weighted by atomic mass is 79.9. The third kappa shape index (κ3) is 2.04. The Kier molecular flexibility index (Phi) is 3.36. The number of anilines is 1. The molecule has 1 aliphatic rings. The SMILES string of the molecule is COc1ccc(Br)cc1-c1nc2n(c1C#N)CCCN2. The lowest BCUT2D eigenvalue weighted by Crippen LogP contribution is -2.18. The van der Waals surface area contributed by atoms with Crippen molar-refractivity contribution in [2.24, 2.45) is 0 Å². The molecule has 0 saturated heterocycles. The van der Waals surface area contributed by atoms with Crippen LogP contribution < -0.4 is 10.1 Å². The molecule has 1 aromatic carbocycles. The minimum absolute atomic E-state index is 0.573. The molecule has 0 atom stereocenters. The Labute approximate surface area is 125 Å². The second-order valence-corrected chi connectivity index (χ2v) is 5.44. The first kappa shape index (κ1) is 13.0. The Morgan fingerprint density at radius 2 is 2.35 bits per heavy atom. The van der Waals surface area contributed by atoms with E-state index in [-0.39, 0.29) is 0 Å². The maximum atomic E-state index is 9.47. The fourth-order valence-electron chi connectivity index (χ4n) is 2.41. The molecule has 1 N–H and O–H groups in total. The van der Waals surface area contributed by atoms with E-state index >= 15 is 0 Å². The van der Waals surface area contributed by atoms with Gasteiger partial charge in [0.15, 0.2) is 0 Å². The van der Waals surface area contributed by atoms with Gasteiger partial charge in [-0.2, -0.15) is 5.26 Å². The summed E-state index contributed by atoms with van der Waals surface area (Å²) in [5, 5.41) is 12.7. The van der Waals surface area contributed by atoms with Crippen LogP contribution in [0.25, 0.3) is 11.3 Å². The van der Waals surface area contributed by atoms with Crippen LogP contribution in [-0.4, -0.2) is 23.2 Å². The molecular formula is C14H13BrN4O. The van der Waals surface area contributed by atoms with E-state index in [0.717, 1.165) is 35.5 Å². The lowest BCUT2D eigenvalue weighted by atomic mass is 10.1. The summed E-state index contributed by atoms with van der Waals surface area (Å²) in [6, 6.07) is 7.96. The summed E-state index contributed by atoms with van der Waals surface area (Å²) in [6.45, 7) is 1.70. The topological polar surface area (TPSA) is 62.9 Å². The van der Waals surface area contributed by atoms with Crippen LogP contribution in [0.3, 0.4) is 0 Å². The third-order valence-electron chi connectivity index (χ3n) is 3.33. The first-order valence-corrected chi connectivity index (χ1v) is 7.12. The van der Waals surface area contributed by atoms with Crippen LogP contribution in [0.1, 0.15) is 12.1 Å². The molecule has 0 bridgehead atoms. The molecule has 0 radical (unpaired) electrons. The normalized spacial score (nSPS) is 13.2. The Hall–Kier alpha value is -2.00. The van der Waals surface area contributed by atoms with Gasteiger partial charge < -0.3 is 14.6 Å². The number of ether oxygens (including phenoxy) is 1. The molecule has 1 aliphatic heterocycles. The van der Waals surface area contributed by atoms with Gasteiger partial charge in [-0.3, -0.25) is 0 Å². The molecule has 0 saturated carbocycles. The number of nitrogens with zero attached hydrogens (tertiary/aromatic N) is 3. The quantitative estimate of drug-likeness (QED) is 0.918. The van der Waals surface area contributed by atoms with Crippen molar-refractivity contribution in [3.8, 4) is 23.1 Å². The first-order chi connectivity index (χ1) is 9.74. The smallest absolute Gasteiger partial charge is 0.204 e. The third-order valence-corrected chi connectivity index (χ3v) is 3.83. The summed E-state index contributed by atoms with van der Waals surface area (Å²) in [4.78, 5) is 4.57. The summed E-state index contributed by atoms with van der Waals surface area (Å²) in [5.41, 5.74) is 2.06. The molecule has 0 amide bonds. The van der Waals surface area contributed by atoms with Crippen molar-refractivity contribution < 1.29 is 4.74 Å². The van der Waals surface area contributed by atoms with Crippen LogP contribution in [-0.2, 0) is 6.54 Å². The number of imidazole rings is 1. The van der Waals surface area contributed by atoms with Gasteiger partial charge in [-0.1, -0.05) is 15.9 Å². The van der Waals surface area contributed by atoms with Crippen molar-refractivity contribution in [3.63, 3.8) is 0 Å². The average Bonchev–Trinajstić information content (AvgIpc) is 2.85. The molecule has 5 nitrogen and oxygen atoms in total. The van der Waals surface area contributed by atoms with E-state index < -0.39 is 0 Å². The van der Waals surface area contributed by atoms with Crippen LogP contribution in [0.2, 0.25) is 0 Å². The molecule has 1 aromatic heterocycles. The highest BCUT2D eigenvalue weighted by Gasteiger charge is 2.22. The van der Waals surface area contributed by atoms with E-state index in [2.05, 4.69) is 32.3 Å². The summed E-state index contributed by atoms with van der Waals surface area (Å²) in [5.74, 6) is 1.46. The number of benzene rings is 1. The van der Waals surface area contributed by atoms with Crippen LogP contribution in [0, 0.1) is 11.3 Å². The number of aromatic nitrogens is 2. The van der Waals surface area contributed by atoms with Gasteiger partial charge >= 0.3 is 0 Å². The van der Waals surface area contributed by atoms with Gasteiger partial charge in [0.2, 0.25) is 5.95 Å².